The van der Waals surface area contributed by atoms with Crippen molar-refractivity contribution in [3.05, 3.63) is 47.8 Å². The molecule has 0 spiro atoms. The smallest absolute Gasteiger partial charge is 0.349 e. The number of furan rings is 1. The highest BCUT2D eigenvalue weighted by Crippen LogP contribution is 2.34. The fraction of sp³-hybridized carbons (Fsp3) is 0.542. The number of ether oxygens (including phenoxy) is 1. The minimum atomic E-state index is -0.854. The van der Waals surface area contributed by atoms with E-state index in [-0.39, 0.29) is 12.4 Å². The molecule has 1 aromatic rings. The first-order valence-electron chi connectivity index (χ1n) is 10.9. The van der Waals surface area contributed by atoms with E-state index in [1.54, 1.807) is 0 Å². The minimum absolute atomic E-state index is 0.210. The lowest BCUT2D eigenvalue weighted by molar-refractivity contribution is 0.0489. The number of carbonyl (C=O) groups excluding carboxylic acids is 1. The van der Waals surface area contributed by atoms with E-state index < -0.39 is 29.8 Å². The Hall–Kier alpha value is -2.47. The van der Waals surface area contributed by atoms with E-state index in [2.05, 4.69) is 43.4 Å². The molecule has 0 fully saturated rings. The van der Waals surface area contributed by atoms with Crippen molar-refractivity contribution in [2.75, 3.05) is 6.61 Å². The van der Waals surface area contributed by atoms with E-state index in [0.717, 1.165) is 51.4 Å². The number of allylic oxidation sites excluding steroid dienone is 6. The van der Waals surface area contributed by atoms with Gasteiger partial charge in [-0.2, -0.15) is 0 Å². The van der Waals surface area contributed by atoms with E-state index in [1.807, 2.05) is 0 Å². The maximum Gasteiger partial charge on any atom is 0.349 e. The lowest BCUT2D eigenvalue weighted by Crippen LogP contribution is -2.06. The summed E-state index contributed by atoms with van der Waals surface area (Å²) in [6.45, 7) is 1.73. The van der Waals surface area contributed by atoms with E-state index >= 15 is 0 Å². The molecule has 0 amide bonds. The Morgan fingerprint density at radius 3 is 2.13 bits per heavy atom. The number of carbonyl (C=O) groups is 1. The number of esters is 1. The SMILES string of the molecule is CC/C=C/C/C=C/C/C=C/CCCCCCCCOC(=O)c1c(O)oc(CO)c1O. The summed E-state index contributed by atoms with van der Waals surface area (Å²) < 4.78 is 9.74. The first-order valence-corrected chi connectivity index (χ1v) is 10.9. The van der Waals surface area contributed by atoms with Crippen LogP contribution in [0.15, 0.2) is 40.9 Å². The second-order valence-corrected chi connectivity index (χ2v) is 7.05. The van der Waals surface area contributed by atoms with Gasteiger partial charge in [-0.3, -0.25) is 0 Å². The molecule has 168 valence electrons. The Kier molecular flexibility index (Phi) is 13.9. The predicted molar refractivity (Wildman–Crippen MR) is 118 cm³/mol. The van der Waals surface area contributed by atoms with E-state index in [4.69, 9.17) is 14.3 Å². The lowest BCUT2D eigenvalue weighted by atomic mass is 10.1. The molecule has 0 atom stereocenters. The number of rotatable bonds is 16. The third kappa shape index (κ3) is 10.3. The number of hydrogen-bond acceptors (Lipinski definition) is 6. The fourth-order valence-corrected chi connectivity index (χ4v) is 2.88. The zero-order chi connectivity index (χ0) is 22.0. The zero-order valence-corrected chi connectivity index (χ0v) is 18.0. The first-order chi connectivity index (χ1) is 14.6. The number of aliphatic hydroxyl groups excluding tert-OH is 1. The average Bonchev–Trinajstić information content (AvgIpc) is 3.03. The van der Waals surface area contributed by atoms with E-state index in [0.29, 0.717) is 0 Å². The molecule has 0 radical (unpaired) electrons. The third-order valence-electron chi connectivity index (χ3n) is 4.56. The van der Waals surface area contributed by atoms with Gasteiger partial charge in [-0.25, -0.2) is 4.79 Å². The Labute approximate surface area is 179 Å². The van der Waals surface area contributed by atoms with Gasteiger partial charge in [-0.15, -0.1) is 0 Å². The quantitative estimate of drug-likeness (QED) is 0.174. The van der Waals surface area contributed by atoms with E-state index in [9.17, 15) is 15.0 Å². The summed E-state index contributed by atoms with van der Waals surface area (Å²) in [6.07, 6.45) is 23.7. The molecule has 0 saturated heterocycles. The highest BCUT2D eigenvalue weighted by molar-refractivity contribution is 5.95. The van der Waals surface area contributed by atoms with Crippen LogP contribution in [0.25, 0.3) is 0 Å². The summed E-state index contributed by atoms with van der Waals surface area (Å²) in [5.74, 6) is -2.43. The molecule has 1 rings (SSSR count). The molecule has 1 heterocycles. The average molecular weight is 421 g/mol. The lowest BCUT2D eigenvalue weighted by Gasteiger charge is -2.04. The van der Waals surface area contributed by atoms with Crippen molar-refractivity contribution in [2.24, 2.45) is 0 Å². The van der Waals surface area contributed by atoms with Gasteiger partial charge >= 0.3 is 11.9 Å². The van der Waals surface area contributed by atoms with Crippen LogP contribution in [0.4, 0.5) is 0 Å². The summed E-state index contributed by atoms with van der Waals surface area (Å²) in [5.41, 5.74) is -0.434. The van der Waals surface area contributed by atoms with Gasteiger partial charge in [-0.1, -0.05) is 69.1 Å². The minimum Gasteiger partial charge on any atom is -0.504 e. The normalized spacial score (nSPS) is 11.9. The van der Waals surface area contributed by atoms with Crippen molar-refractivity contribution in [3.63, 3.8) is 0 Å². The maximum atomic E-state index is 11.9. The molecule has 0 aliphatic rings. The van der Waals surface area contributed by atoms with Crippen LogP contribution in [0.1, 0.15) is 87.3 Å². The number of aliphatic hydroxyl groups is 1. The molecule has 0 bridgehead atoms. The first kappa shape index (κ1) is 25.6. The Bertz CT molecular complexity index is 684. The van der Waals surface area contributed by atoms with Crippen LogP contribution in [0, 0.1) is 0 Å². The van der Waals surface area contributed by atoms with Gasteiger partial charge in [0, 0.05) is 0 Å². The Morgan fingerprint density at radius 2 is 1.50 bits per heavy atom. The second kappa shape index (κ2) is 16.3. The summed E-state index contributed by atoms with van der Waals surface area (Å²) in [5, 5.41) is 28.2. The van der Waals surface area contributed by atoms with Gasteiger partial charge in [0.25, 0.3) is 0 Å². The van der Waals surface area contributed by atoms with Crippen molar-refractivity contribution in [1.29, 1.82) is 0 Å². The number of hydrogen-bond donors (Lipinski definition) is 3. The van der Waals surface area contributed by atoms with Crippen LogP contribution in [0.3, 0.4) is 0 Å². The highest BCUT2D eigenvalue weighted by Gasteiger charge is 2.26. The molecular formula is C24H36O6. The Balaban J connectivity index is 1.99. The molecule has 0 saturated carbocycles. The summed E-state index contributed by atoms with van der Waals surface area (Å²) in [6, 6.07) is 0. The second-order valence-electron chi connectivity index (χ2n) is 7.05. The van der Waals surface area contributed by atoms with Gasteiger partial charge in [-0.05, 0) is 38.5 Å². The molecular weight excluding hydrogens is 384 g/mol. The summed E-state index contributed by atoms with van der Waals surface area (Å²) in [4.78, 5) is 11.9. The molecule has 0 aliphatic heterocycles. The standard InChI is InChI=1S/C24H36O6/c1-2-3-4-5-6-7-8-9-10-11-12-13-14-15-16-17-18-29-23(27)21-22(26)20(19-25)30-24(21)28/h3-4,6-7,9-10,25-26,28H,2,5,8,11-19H2,1H3/b4-3+,7-6+,10-9+. The van der Waals surface area contributed by atoms with Crippen LogP contribution in [0.5, 0.6) is 11.7 Å². The number of unbranched alkanes of at least 4 members (excludes halogenated alkanes) is 6. The van der Waals surface area contributed by atoms with Crippen LogP contribution >= 0.6 is 0 Å². The van der Waals surface area contributed by atoms with Crippen LogP contribution in [-0.4, -0.2) is 27.9 Å². The molecule has 0 unspecified atom stereocenters. The van der Waals surface area contributed by atoms with Crippen molar-refractivity contribution < 1.29 is 29.3 Å². The van der Waals surface area contributed by atoms with Gasteiger partial charge in [0.15, 0.2) is 17.1 Å². The largest absolute Gasteiger partial charge is 0.504 e. The van der Waals surface area contributed by atoms with Crippen molar-refractivity contribution in [1.82, 2.24) is 0 Å². The van der Waals surface area contributed by atoms with Crippen molar-refractivity contribution >= 4 is 5.97 Å². The van der Waals surface area contributed by atoms with Gasteiger partial charge < -0.3 is 24.5 Å². The molecule has 6 heteroatoms. The van der Waals surface area contributed by atoms with Gasteiger partial charge in [0.1, 0.15) is 6.61 Å². The molecule has 3 N–H and O–H groups in total. The van der Waals surface area contributed by atoms with Crippen molar-refractivity contribution in [2.45, 2.75) is 77.7 Å². The van der Waals surface area contributed by atoms with Gasteiger partial charge in [0.2, 0.25) is 0 Å². The molecule has 30 heavy (non-hydrogen) atoms. The zero-order valence-electron chi connectivity index (χ0n) is 18.0. The molecule has 6 nitrogen and oxygen atoms in total. The third-order valence-corrected chi connectivity index (χ3v) is 4.56. The van der Waals surface area contributed by atoms with Crippen molar-refractivity contribution in [3.8, 4) is 11.7 Å². The Morgan fingerprint density at radius 1 is 0.900 bits per heavy atom. The summed E-state index contributed by atoms with van der Waals surface area (Å²) >= 11 is 0. The predicted octanol–water partition coefficient (Wildman–Crippen LogP) is 5.93. The van der Waals surface area contributed by atoms with E-state index in [1.165, 1.54) is 12.8 Å². The van der Waals surface area contributed by atoms with Crippen LogP contribution < -0.4 is 0 Å². The number of aromatic hydroxyl groups is 2. The van der Waals surface area contributed by atoms with Crippen LogP contribution in [0.2, 0.25) is 0 Å². The fourth-order valence-electron chi connectivity index (χ4n) is 2.88. The highest BCUT2D eigenvalue weighted by atomic mass is 16.5. The monoisotopic (exact) mass is 420 g/mol. The maximum absolute atomic E-state index is 11.9. The molecule has 1 aromatic heterocycles. The molecule has 0 aromatic carbocycles. The topological polar surface area (TPSA) is 100 Å². The van der Waals surface area contributed by atoms with Crippen LogP contribution in [-0.2, 0) is 11.3 Å². The summed E-state index contributed by atoms with van der Waals surface area (Å²) in [7, 11) is 0. The molecule has 0 aliphatic carbocycles. The van der Waals surface area contributed by atoms with Gasteiger partial charge in [0.05, 0.1) is 6.61 Å².